The lowest BCUT2D eigenvalue weighted by Crippen LogP contribution is -2.38. The van der Waals surface area contributed by atoms with Gasteiger partial charge in [-0.05, 0) is 40.1 Å². The van der Waals surface area contributed by atoms with Crippen molar-refractivity contribution in [3.05, 3.63) is 133 Å². The van der Waals surface area contributed by atoms with Crippen molar-refractivity contribution in [1.82, 2.24) is 18.9 Å². The van der Waals surface area contributed by atoms with Crippen LogP contribution in [0.15, 0.2) is 105 Å². The fraction of sp³-hybridized carbons (Fsp3) is 0.0968. The fourth-order valence-corrected chi connectivity index (χ4v) is 5.51. The van der Waals surface area contributed by atoms with E-state index in [9.17, 15) is 19.5 Å². The van der Waals surface area contributed by atoms with E-state index in [1.54, 1.807) is 16.8 Å². The van der Waals surface area contributed by atoms with Crippen molar-refractivity contribution in [2.24, 2.45) is 7.05 Å². The van der Waals surface area contributed by atoms with Crippen molar-refractivity contribution >= 4 is 43.7 Å². The second kappa shape index (κ2) is 10.1. The Kier molecular flexibility index (Phi) is 6.43. The standard InChI is InChI=1S/C31H23BrN4O4/c1-34-29(37)26-27(20-11-7-12-21(16-20)30(38)39)36(18-22-13-6-10-19-8-2-4-14-24(19)22)33-28(26)35(31(34)40)17-23-9-3-5-15-25(23)32/h2-16H,17-18H2,1H3,(H,38,39). The summed E-state index contributed by atoms with van der Waals surface area (Å²) in [4.78, 5) is 38.9. The molecule has 198 valence electrons. The first-order valence-corrected chi connectivity index (χ1v) is 13.4. The van der Waals surface area contributed by atoms with Crippen LogP contribution in [0.5, 0.6) is 0 Å². The SMILES string of the molecule is Cn1c(=O)c2c(-c3cccc(C(=O)O)c3)n(Cc3cccc4ccccc34)nc2n(Cc2ccccc2Br)c1=O. The first-order valence-electron chi connectivity index (χ1n) is 12.6. The summed E-state index contributed by atoms with van der Waals surface area (Å²) in [7, 11) is 1.44. The molecule has 0 fully saturated rings. The number of carboxylic acid groups (broad SMARTS) is 1. The first-order chi connectivity index (χ1) is 19.3. The zero-order valence-corrected chi connectivity index (χ0v) is 23.0. The Labute approximate surface area is 236 Å². The van der Waals surface area contributed by atoms with Crippen LogP contribution in [-0.4, -0.2) is 30.0 Å². The zero-order chi connectivity index (χ0) is 28.0. The third-order valence-electron chi connectivity index (χ3n) is 7.10. The lowest BCUT2D eigenvalue weighted by Gasteiger charge is -2.11. The molecular weight excluding hydrogens is 572 g/mol. The Morgan fingerprint density at radius 1 is 0.875 bits per heavy atom. The molecule has 0 saturated carbocycles. The van der Waals surface area contributed by atoms with Gasteiger partial charge >= 0.3 is 11.7 Å². The predicted molar refractivity (Wildman–Crippen MR) is 158 cm³/mol. The number of halogens is 1. The van der Waals surface area contributed by atoms with E-state index in [2.05, 4.69) is 15.9 Å². The Balaban J connectivity index is 1.67. The maximum Gasteiger partial charge on any atom is 0.335 e. The van der Waals surface area contributed by atoms with E-state index in [0.29, 0.717) is 17.8 Å². The summed E-state index contributed by atoms with van der Waals surface area (Å²) in [6.07, 6.45) is 0. The van der Waals surface area contributed by atoms with Gasteiger partial charge in [0.25, 0.3) is 5.56 Å². The molecule has 0 unspecified atom stereocenters. The van der Waals surface area contributed by atoms with Gasteiger partial charge in [-0.2, -0.15) is 5.10 Å². The van der Waals surface area contributed by atoms with Crippen molar-refractivity contribution in [3.63, 3.8) is 0 Å². The number of carboxylic acids is 1. The van der Waals surface area contributed by atoms with Crippen molar-refractivity contribution in [3.8, 4) is 11.3 Å². The zero-order valence-electron chi connectivity index (χ0n) is 21.4. The number of aromatic carboxylic acids is 1. The maximum atomic E-state index is 13.7. The maximum absolute atomic E-state index is 13.7. The lowest BCUT2D eigenvalue weighted by atomic mass is 10.0. The minimum atomic E-state index is -1.08. The molecule has 0 amide bonds. The summed E-state index contributed by atoms with van der Waals surface area (Å²) in [5, 5.41) is 16.9. The highest BCUT2D eigenvalue weighted by Gasteiger charge is 2.24. The number of hydrogen-bond acceptors (Lipinski definition) is 4. The molecule has 0 aliphatic rings. The Hall–Kier alpha value is -4.76. The number of benzene rings is 4. The average molecular weight is 595 g/mol. The van der Waals surface area contributed by atoms with E-state index in [-0.39, 0.29) is 23.1 Å². The number of fused-ring (bicyclic) bond motifs is 2. The summed E-state index contributed by atoms with van der Waals surface area (Å²) in [6.45, 7) is 0.486. The molecule has 9 heteroatoms. The highest BCUT2D eigenvalue weighted by atomic mass is 79.9. The molecule has 0 atom stereocenters. The lowest BCUT2D eigenvalue weighted by molar-refractivity contribution is 0.0697. The van der Waals surface area contributed by atoms with Gasteiger partial charge in [-0.25, -0.2) is 9.59 Å². The van der Waals surface area contributed by atoms with Crippen molar-refractivity contribution < 1.29 is 9.90 Å². The van der Waals surface area contributed by atoms with Crippen LogP contribution in [0.4, 0.5) is 0 Å². The molecule has 6 aromatic rings. The van der Waals surface area contributed by atoms with Crippen molar-refractivity contribution in [2.75, 3.05) is 0 Å². The molecule has 2 aromatic heterocycles. The van der Waals surface area contributed by atoms with Crippen molar-refractivity contribution in [1.29, 1.82) is 0 Å². The number of carbonyl (C=O) groups is 1. The monoisotopic (exact) mass is 594 g/mol. The van der Waals surface area contributed by atoms with E-state index in [1.165, 1.54) is 23.7 Å². The van der Waals surface area contributed by atoms with E-state index < -0.39 is 17.2 Å². The van der Waals surface area contributed by atoms with Gasteiger partial charge in [-0.1, -0.05) is 88.7 Å². The minimum absolute atomic E-state index is 0.0851. The fourth-order valence-electron chi connectivity index (χ4n) is 5.10. The van der Waals surface area contributed by atoms with Crippen LogP contribution in [0, 0.1) is 0 Å². The highest BCUT2D eigenvalue weighted by Crippen LogP contribution is 2.30. The van der Waals surface area contributed by atoms with E-state index in [0.717, 1.165) is 30.9 Å². The molecule has 6 rings (SSSR count). The molecule has 4 aromatic carbocycles. The second-order valence-corrected chi connectivity index (χ2v) is 10.4. The molecule has 1 N–H and O–H groups in total. The van der Waals surface area contributed by atoms with Crippen LogP contribution in [0.1, 0.15) is 21.5 Å². The van der Waals surface area contributed by atoms with Gasteiger partial charge in [0.1, 0.15) is 5.39 Å². The van der Waals surface area contributed by atoms with Gasteiger partial charge in [0.15, 0.2) is 5.65 Å². The molecule has 40 heavy (non-hydrogen) atoms. The summed E-state index contributed by atoms with van der Waals surface area (Å²) in [5.41, 5.74) is 2.12. The number of aromatic nitrogens is 4. The molecular formula is C31H23BrN4O4. The van der Waals surface area contributed by atoms with Crippen LogP contribution in [0.25, 0.3) is 33.1 Å². The second-order valence-electron chi connectivity index (χ2n) is 9.55. The van der Waals surface area contributed by atoms with Crippen LogP contribution < -0.4 is 11.2 Å². The summed E-state index contributed by atoms with van der Waals surface area (Å²) in [5.74, 6) is -1.08. The first kappa shape index (κ1) is 25.5. The smallest absolute Gasteiger partial charge is 0.335 e. The molecule has 0 aliphatic heterocycles. The number of rotatable bonds is 6. The van der Waals surface area contributed by atoms with Crippen LogP contribution in [0.2, 0.25) is 0 Å². The molecule has 0 radical (unpaired) electrons. The topological polar surface area (TPSA) is 99.1 Å². The van der Waals surface area contributed by atoms with E-state index >= 15 is 0 Å². The van der Waals surface area contributed by atoms with E-state index in [4.69, 9.17) is 5.10 Å². The summed E-state index contributed by atoms with van der Waals surface area (Å²) in [6, 6.07) is 28.0. The molecule has 0 aliphatic carbocycles. The average Bonchev–Trinajstić information content (AvgIpc) is 3.34. The summed E-state index contributed by atoms with van der Waals surface area (Å²) < 4.78 is 5.09. The van der Waals surface area contributed by atoms with Gasteiger partial charge in [0.05, 0.1) is 24.3 Å². The van der Waals surface area contributed by atoms with Gasteiger partial charge < -0.3 is 5.11 Å². The van der Waals surface area contributed by atoms with E-state index in [1.807, 2.05) is 66.7 Å². The van der Waals surface area contributed by atoms with Crippen LogP contribution >= 0.6 is 15.9 Å². The molecule has 0 spiro atoms. The Morgan fingerprint density at radius 3 is 2.38 bits per heavy atom. The molecule has 0 bridgehead atoms. The minimum Gasteiger partial charge on any atom is -0.478 e. The molecule has 2 heterocycles. The Morgan fingerprint density at radius 2 is 1.57 bits per heavy atom. The number of nitrogens with zero attached hydrogens (tertiary/aromatic N) is 4. The van der Waals surface area contributed by atoms with Gasteiger partial charge in [0.2, 0.25) is 0 Å². The van der Waals surface area contributed by atoms with Gasteiger partial charge in [0, 0.05) is 17.1 Å². The largest absolute Gasteiger partial charge is 0.478 e. The normalized spacial score (nSPS) is 11.3. The quantitative estimate of drug-likeness (QED) is 0.283. The van der Waals surface area contributed by atoms with Gasteiger partial charge in [-0.3, -0.25) is 18.6 Å². The van der Waals surface area contributed by atoms with Crippen molar-refractivity contribution in [2.45, 2.75) is 13.1 Å². The van der Waals surface area contributed by atoms with Crippen LogP contribution in [0.3, 0.4) is 0 Å². The van der Waals surface area contributed by atoms with Crippen LogP contribution in [-0.2, 0) is 20.1 Å². The molecule has 8 nitrogen and oxygen atoms in total. The van der Waals surface area contributed by atoms with Gasteiger partial charge in [-0.15, -0.1) is 0 Å². The molecule has 0 saturated heterocycles. The third kappa shape index (κ3) is 4.34. The third-order valence-corrected chi connectivity index (χ3v) is 7.87. The predicted octanol–water partition coefficient (Wildman–Crippen LogP) is 5.27. The highest BCUT2D eigenvalue weighted by molar-refractivity contribution is 9.10. The summed E-state index contributed by atoms with van der Waals surface area (Å²) >= 11 is 3.56. The number of hydrogen-bond donors (Lipinski definition) is 1. The Bertz CT molecular complexity index is 2070.